The topological polar surface area (TPSA) is 120 Å². The second kappa shape index (κ2) is 6.86. The molecule has 0 amide bonds. The maximum Gasteiger partial charge on any atom is 0.332 e. The summed E-state index contributed by atoms with van der Waals surface area (Å²) >= 11 is 0. The highest BCUT2D eigenvalue weighted by Gasteiger charge is 2.38. The average molecular weight is 314 g/mol. The zero-order chi connectivity index (χ0) is 16.3. The van der Waals surface area contributed by atoms with E-state index in [2.05, 4.69) is 9.72 Å². The zero-order valence-electron chi connectivity index (χ0n) is 12.3. The molecule has 0 aromatic carbocycles. The van der Waals surface area contributed by atoms with E-state index >= 15 is 0 Å². The quantitative estimate of drug-likeness (QED) is 0.647. The lowest BCUT2D eigenvalue weighted by atomic mass is 10.2. The standard InChI is InChI=1S/C13H18N2O7/c1-7-4-15(13(19)14-12(7)18)10-3-8(9(5-16)21-10)22-11(17)6-20-2/h4,8-10,16H,3,5-6H2,1-2H3,(H,14,18,19)/t8-,9+,10+/m0/s1. The Morgan fingerprint density at radius 2 is 2.27 bits per heavy atom. The van der Waals surface area contributed by atoms with Crippen LogP contribution in [-0.4, -0.2) is 53.2 Å². The van der Waals surface area contributed by atoms with E-state index in [1.165, 1.54) is 17.9 Å². The smallest absolute Gasteiger partial charge is 0.332 e. The maximum atomic E-state index is 11.8. The summed E-state index contributed by atoms with van der Waals surface area (Å²) in [5.74, 6) is -0.583. The van der Waals surface area contributed by atoms with Crippen molar-refractivity contribution in [1.29, 1.82) is 0 Å². The lowest BCUT2D eigenvalue weighted by molar-refractivity contribution is -0.157. The first-order chi connectivity index (χ1) is 10.5. The van der Waals surface area contributed by atoms with Crippen LogP contribution in [0.2, 0.25) is 0 Å². The summed E-state index contributed by atoms with van der Waals surface area (Å²) in [6.07, 6.45) is -0.617. The Morgan fingerprint density at radius 3 is 2.91 bits per heavy atom. The Bertz CT molecular complexity index is 651. The number of hydrogen-bond acceptors (Lipinski definition) is 7. The fourth-order valence-corrected chi connectivity index (χ4v) is 2.28. The highest BCUT2D eigenvalue weighted by molar-refractivity contribution is 5.70. The molecule has 2 N–H and O–H groups in total. The molecule has 1 saturated heterocycles. The van der Waals surface area contributed by atoms with E-state index in [0.29, 0.717) is 5.56 Å². The number of ether oxygens (including phenoxy) is 3. The van der Waals surface area contributed by atoms with Gasteiger partial charge in [-0.05, 0) is 6.92 Å². The molecular formula is C13H18N2O7. The van der Waals surface area contributed by atoms with Crippen molar-refractivity contribution >= 4 is 5.97 Å². The molecular weight excluding hydrogens is 296 g/mol. The number of aromatic amines is 1. The van der Waals surface area contributed by atoms with Crippen LogP contribution >= 0.6 is 0 Å². The van der Waals surface area contributed by atoms with Crippen LogP contribution in [0.3, 0.4) is 0 Å². The number of carbonyl (C=O) groups is 1. The van der Waals surface area contributed by atoms with E-state index in [-0.39, 0.29) is 19.6 Å². The first-order valence-electron chi connectivity index (χ1n) is 6.73. The average Bonchev–Trinajstić information content (AvgIpc) is 2.85. The molecule has 1 aliphatic rings. The van der Waals surface area contributed by atoms with E-state index in [9.17, 15) is 19.5 Å². The van der Waals surface area contributed by atoms with Gasteiger partial charge in [0.1, 0.15) is 25.0 Å². The minimum Gasteiger partial charge on any atom is -0.458 e. The number of aromatic nitrogens is 2. The van der Waals surface area contributed by atoms with Gasteiger partial charge < -0.3 is 19.3 Å². The highest BCUT2D eigenvalue weighted by Crippen LogP contribution is 2.29. The summed E-state index contributed by atoms with van der Waals surface area (Å²) in [5, 5.41) is 9.32. The molecule has 0 unspecified atom stereocenters. The van der Waals surface area contributed by atoms with Crippen LogP contribution in [0.5, 0.6) is 0 Å². The molecule has 0 saturated carbocycles. The summed E-state index contributed by atoms with van der Waals surface area (Å²) < 4.78 is 16.6. The second-order valence-corrected chi connectivity index (χ2v) is 4.99. The number of H-pyrrole nitrogens is 1. The number of hydrogen-bond donors (Lipinski definition) is 2. The number of rotatable bonds is 5. The summed E-state index contributed by atoms with van der Waals surface area (Å²) in [5.41, 5.74) is -0.745. The normalized spacial score (nSPS) is 24.4. The third-order valence-electron chi connectivity index (χ3n) is 3.36. The van der Waals surface area contributed by atoms with Crippen molar-refractivity contribution in [3.8, 4) is 0 Å². The van der Waals surface area contributed by atoms with Crippen LogP contribution in [0, 0.1) is 6.92 Å². The minimum absolute atomic E-state index is 0.187. The first kappa shape index (κ1) is 16.4. The van der Waals surface area contributed by atoms with E-state index < -0.39 is 35.7 Å². The third kappa shape index (κ3) is 3.43. The highest BCUT2D eigenvalue weighted by atomic mass is 16.6. The molecule has 0 radical (unpaired) electrons. The Labute approximate surface area is 125 Å². The Morgan fingerprint density at radius 1 is 1.55 bits per heavy atom. The molecule has 2 heterocycles. The SMILES string of the molecule is COCC(=O)O[C@H]1C[C@H](n2cc(C)c(=O)[nH]c2=O)O[C@@H]1CO. The number of esters is 1. The predicted molar refractivity (Wildman–Crippen MR) is 73.4 cm³/mol. The van der Waals surface area contributed by atoms with Crippen molar-refractivity contribution in [3.05, 3.63) is 32.6 Å². The molecule has 9 nitrogen and oxygen atoms in total. The minimum atomic E-state index is -0.745. The molecule has 9 heteroatoms. The number of aryl methyl sites for hydroxylation is 1. The first-order valence-corrected chi connectivity index (χ1v) is 6.73. The monoisotopic (exact) mass is 314 g/mol. The lowest BCUT2D eigenvalue weighted by Crippen LogP contribution is -2.33. The predicted octanol–water partition coefficient (Wildman–Crippen LogP) is -1.32. The van der Waals surface area contributed by atoms with Gasteiger partial charge in [0.05, 0.1) is 6.61 Å². The molecule has 0 spiro atoms. The fourth-order valence-electron chi connectivity index (χ4n) is 2.28. The van der Waals surface area contributed by atoms with E-state index in [1.807, 2.05) is 0 Å². The molecule has 2 rings (SSSR count). The van der Waals surface area contributed by atoms with Gasteiger partial charge in [-0.25, -0.2) is 9.59 Å². The van der Waals surface area contributed by atoms with Gasteiger partial charge in [-0.2, -0.15) is 0 Å². The Balaban J connectivity index is 2.18. The van der Waals surface area contributed by atoms with Crippen LogP contribution < -0.4 is 11.2 Å². The van der Waals surface area contributed by atoms with Gasteiger partial charge in [0.15, 0.2) is 0 Å². The largest absolute Gasteiger partial charge is 0.458 e. The summed E-state index contributed by atoms with van der Waals surface area (Å²) in [6.45, 7) is 0.985. The van der Waals surface area contributed by atoms with E-state index in [4.69, 9.17) is 9.47 Å². The van der Waals surface area contributed by atoms with Crippen LogP contribution in [0.15, 0.2) is 15.8 Å². The Hall–Kier alpha value is -1.97. The van der Waals surface area contributed by atoms with Crippen molar-refractivity contribution in [2.24, 2.45) is 0 Å². The van der Waals surface area contributed by atoms with Gasteiger partial charge in [-0.3, -0.25) is 14.3 Å². The fraction of sp³-hybridized carbons (Fsp3) is 0.615. The van der Waals surface area contributed by atoms with Gasteiger partial charge in [0.2, 0.25) is 0 Å². The van der Waals surface area contributed by atoms with Gasteiger partial charge in [0, 0.05) is 25.3 Å². The number of aliphatic hydroxyl groups excluding tert-OH is 1. The van der Waals surface area contributed by atoms with Crippen molar-refractivity contribution < 1.29 is 24.1 Å². The molecule has 0 bridgehead atoms. The van der Waals surface area contributed by atoms with Crippen LogP contribution in [0.25, 0.3) is 0 Å². The zero-order valence-corrected chi connectivity index (χ0v) is 12.3. The molecule has 1 aromatic rings. The van der Waals surface area contributed by atoms with Gasteiger partial charge in [0.25, 0.3) is 5.56 Å². The number of methoxy groups -OCH3 is 1. The lowest BCUT2D eigenvalue weighted by Gasteiger charge is -2.16. The van der Waals surface area contributed by atoms with E-state index in [1.54, 1.807) is 6.92 Å². The summed E-state index contributed by atoms with van der Waals surface area (Å²) in [6, 6.07) is 0. The molecule has 1 aliphatic heterocycles. The van der Waals surface area contributed by atoms with E-state index in [0.717, 1.165) is 0 Å². The van der Waals surface area contributed by atoms with Crippen molar-refractivity contribution in [1.82, 2.24) is 9.55 Å². The van der Waals surface area contributed by atoms with Crippen LogP contribution in [0.4, 0.5) is 0 Å². The number of nitrogens with one attached hydrogen (secondary N) is 1. The number of nitrogens with zero attached hydrogens (tertiary/aromatic N) is 1. The summed E-state index contributed by atoms with van der Waals surface area (Å²) in [7, 11) is 1.36. The third-order valence-corrected chi connectivity index (χ3v) is 3.36. The van der Waals surface area contributed by atoms with Crippen molar-refractivity contribution in [3.63, 3.8) is 0 Å². The van der Waals surface area contributed by atoms with Crippen molar-refractivity contribution in [2.75, 3.05) is 20.3 Å². The van der Waals surface area contributed by atoms with Gasteiger partial charge >= 0.3 is 11.7 Å². The Kier molecular flexibility index (Phi) is 5.11. The molecule has 1 aromatic heterocycles. The summed E-state index contributed by atoms with van der Waals surface area (Å²) in [4.78, 5) is 36.9. The molecule has 122 valence electrons. The van der Waals surface area contributed by atoms with Gasteiger partial charge in [-0.1, -0.05) is 0 Å². The molecule has 0 aliphatic carbocycles. The molecule has 1 fully saturated rings. The molecule has 22 heavy (non-hydrogen) atoms. The maximum absolute atomic E-state index is 11.8. The second-order valence-electron chi connectivity index (χ2n) is 4.99. The van der Waals surface area contributed by atoms with Crippen LogP contribution in [-0.2, 0) is 19.0 Å². The van der Waals surface area contributed by atoms with Crippen molar-refractivity contribution in [2.45, 2.75) is 31.8 Å². The van der Waals surface area contributed by atoms with Gasteiger partial charge in [-0.15, -0.1) is 0 Å². The van der Waals surface area contributed by atoms with Crippen LogP contribution in [0.1, 0.15) is 18.2 Å². The molecule has 3 atom stereocenters. The number of carbonyl (C=O) groups excluding carboxylic acids is 1. The number of aliphatic hydroxyl groups is 1.